The van der Waals surface area contributed by atoms with E-state index in [-0.39, 0.29) is 23.7 Å². The summed E-state index contributed by atoms with van der Waals surface area (Å²) in [4.78, 5) is 32.6. The molecule has 7 heteroatoms. The molecule has 2 aliphatic rings. The molecule has 1 saturated heterocycles. The Kier molecular flexibility index (Phi) is 9.82. The highest BCUT2D eigenvalue weighted by molar-refractivity contribution is 5.79. The topological polar surface area (TPSA) is 62.3 Å². The number of ether oxygens (including phenoxy) is 2. The maximum Gasteiger partial charge on any atom is 0.236 e. The van der Waals surface area contributed by atoms with Gasteiger partial charge in [-0.05, 0) is 55.9 Å². The molecule has 2 aromatic carbocycles. The summed E-state index contributed by atoms with van der Waals surface area (Å²) < 4.78 is 11.5. The molecule has 7 nitrogen and oxygen atoms in total. The molecule has 2 amide bonds. The zero-order valence-electron chi connectivity index (χ0n) is 23.0. The lowest BCUT2D eigenvalue weighted by Crippen LogP contribution is -2.48. The van der Waals surface area contributed by atoms with Crippen LogP contribution < -0.4 is 9.47 Å². The molecule has 0 aliphatic carbocycles. The number of para-hydroxylation sites is 1. The van der Waals surface area contributed by atoms with E-state index in [0.717, 1.165) is 42.1 Å². The number of hydrogen-bond donors (Lipinski definition) is 0. The van der Waals surface area contributed by atoms with Gasteiger partial charge in [-0.2, -0.15) is 0 Å². The van der Waals surface area contributed by atoms with Gasteiger partial charge in [0.15, 0.2) is 0 Å². The van der Waals surface area contributed by atoms with Crippen LogP contribution in [0.3, 0.4) is 0 Å². The number of rotatable bonds is 7. The molecule has 38 heavy (non-hydrogen) atoms. The number of amides is 2. The van der Waals surface area contributed by atoms with Crippen molar-refractivity contribution in [1.29, 1.82) is 0 Å². The van der Waals surface area contributed by atoms with E-state index in [0.29, 0.717) is 45.8 Å². The van der Waals surface area contributed by atoms with Crippen molar-refractivity contribution in [3.05, 3.63) is 71.8 Å². The van der Waals surface area contributed by atoms with Crippen molar-refractivity contribution in [1.82, 2.24) is 14.7 Å². The molecule has 2 heterocycles. The van der Waals surface area contributed by atoms with Crippen molar-refractivity contribution < 1.29 is 19.1 Å². The van der Waals surface area contributed by atoms with Crippen LogP contribution in [0.5, 0.6) is 11.5 Å². The van der Waals surface area contributed by atoms with Crippen LogP contribution in [0.4, 0.5) is 0 Å². The Labute approximate surface area is 227 Å². The monoisotopic (exact) mass is 519 g/mol. The molecule has 0 unspecified atom stereocenters. The Morgan fingerprint density at radius 1 is 1.08 bits per heavy atom. The van der Waals surface area contributed by atoms with E-state index in [1.807, 2.05) is 66.1 Å². The number of benzene rings is 2. The maximum atomic E-state index is 13.6. The summed E-state index contributed by atoms with van der Waals surface area (Å²) in [6, 6.07) is 16.0. The predicted octanol–water partition coefficient (Wildman–Crippen LogP) is 4.37. The molecule has 1 fully saturated rings. The van der Waals surface area contributed by atoms with Crippen LogP contribution in [0.15, 0.2) is 60.7 Å². The van der Waals surface area contributed by atoms with Gasteiger partial charge in [-0.1, -0.05) is 42.5 Å². The molecule has 0 aromatic heterocycles. The summed E-state index contributed by atoms with van der Waals surface area (Å²) in [6.45, 7) is 8.84. The minimum atomic E-state index is 0.127. The average Bonchev–Trinajstić information content (AvgIpc) is 2.94. The molecule has 0 N–H and O–H groups in total. The molecule has 0 spiro atoms. The first-order valence-corrected chi connectivity index (χ1v) is 13.8. The molecule has 204 valence electrons. The van der Waals surface area contributed by atoms with Gasteiger partial charge in [0.25, 0.3) is 0 Å². The Hall–Kier alpha value is -3.32. The second kappa shape index (κ2) is 13.5. The van der Waals surface area contributed by atoms with Crippen LogP contribution >= 0.6 is 0 Å². The van der Waals surface area contributed by atoms with Crippen molar-refractivity contribution in [3.8, 4) is 11.5 Å². The van der Waals surface area contributed by atoms with Crippen molar-refractivity contribution >= 4 is 11.8 Å². The zero-order valence-corrected chi connectivity index (χ0v) is 23.0. The Morgan fingerprint density at radius 3 is 2.58 bits per heavy atom. The van der Waals surface area contributed by atoms with Crippen LogP contribution in [0.2, 0.25) is 0 Å². The quantitative estimate of drug-likeness (QED) is 0.509. The van der Waals surface area contributed by atoms with Crippen molar-refractivity contribution in [3.63, 3.8) is 0 Å². The lowest BCUT2D eigenvalue weighted by Gasteiger charge is -2.38. The number of hydrogen-bond acceptors (Lipinski definition) is 5. The van der Waals surface area contributed by atoms with Crippen LogP contribution in [0.25, 0.3) is 0 Å². The first-order chi connectivity index (χ1) is 18.5. The highest BCUT2D eigenvalue weighted by Crippen LogP contribution is 2.30. The minimum absolute atomic E-state index is 0.127. The van der Waals surface area contributed by atoms with Crippen molar-refractivity contribution in [2.24, 2.45) is 11.8 Å². The number of nitrogens with zero attached hydrogens (tertiary/aromatic N) is 3. The van der Waals surface area contributed by atoms with Gasteiger partial charge in [0.2, 0.25) is 11.8 Å². The van der Waals surface area contributed by atoms with Gasteiger partial charge in [0, 0.05) is 51.3 Å². The van der Waals surface area contributed by atoms with Crippen molar-refractivity contribution in [2.45, 2.75) is 39.8 Å². The normalized spacial score (nSPS) is 21.2. The van der Waals surface area contributed by atoms with Crippen LogP contribution in [-0.2, 0) is 22.7 Å². The van der Waals surface area contributed by atoms with E-state index in [1.54, 1.807) is 7.11 Å². The number of fused-ring (bicyclic) bond motifs is 3. The number of carbonyl (C=O) groups excluding carboxylic acids is 2. The minimum Gasteiger partial charge on any atom is -0.497 e. The fourth-order valence-electron chi connectivity index (χ4n) is 5.49. The van der Waals surface area contributed by atoms with Crippen LogP contribution in [0, 0.1) is 11.8 Å². The van der Waals surface area contributed by atoms with E-state index in [4.69, 9.17) is 9.47 Å². The molecule has 2 atom stereocenters. The van der Waals surface area contributed by atoms with Crippen molar-refractivity contribution in [2.75, 3.05) is 46.4 Å². The first-order valence-electron chi connectivity index (χ1n) is 13.8. The van der Waals surface area contributed by atoms with Gasteiger partial charge < -0.3 is 19.3 Å². The smallest absolute Gasteiger partial charge is 0.236 e. The van der Waals surface area contributed by atoms with Crippen LogP contribution in [0.1, 0.15) is 37.8 Å². The third-order valence-corrected chi connectivity index (χ3v) is 7.72. The van der Waals surface area contributed by atoms with Gasteiger partial charge in [0.05, 0.1) is 13.7 Å². The molecular weight excluding hydrogens is 478 g/mol. The second-order valence-corrected chi connectivity index (χ2v) is 10.2. The van der Waals surface area contributed by atoms with E-state index in [1.165, 1.54) is 0 Å². The molecule has 0 radical (unpaired) electrons. The van der Waals surface area contributed by atoms with Gasteiger partial charge >= 0.3 is 0 Å². The zero-order chi connectivity index (χ0) is 26.9. The Morgan fingerprint density at radius 2 is 1.84 bits per heavy atom. The lowest BCUT2D eigenvalue weighted by atomic mass is 9.82. The van der Waals surface area contributed by atoms with E-state index >= 15 is 0 Å². The molecule has 0 saturated carbocycles. The fourth-order valence-corrected chi connectivity index (χ4v) is 5.49. The maximum absolute atomic E-state index is 13.6. The highest BCUT2D eigenvalue weighted by Gasteiger charge is 2.33. The SMILES string of the molecule is CCN(CC)C(=O)C[C@@H]1CCN2C[C@@H]1/C=C/COc1ccccc1CN(Cc1ccc(OC)cc1)CC2=O. The van der Waals surface area contributed by atoms with E-state index in [9.17, 15) is 9.59 Å². The molecule has 2 aliphatic heterocycles. The standard InChI is InChI=1S/C31H41N3O4/c1-4-33(5-2)30(35)19-25-16-17-34-22-26(25)10-8-18-38-29-11-7-6-9-27(29)21-32(23-31(34)36)20-24-12-14-28(37-3)15-13-24/h6-15,25-26H,4-5,16-23H2,1-3H3/b10-8+/t25-,26-/m0/s1. The largest absolute Gasteiger partial charge is 0.497 e. The number of carbonyl (C=O) groups is 2. The third-order valence-electron chi connectivity index (χ3n) is 7.72. The molecular formula is C31H41N3O4. The highest BCUT2D eigenvalue weighted by atomic mass is 16.5. The first kappa shape index (κ1) is 27.7. The van der Waals surface area contributed by atoms with Gasteiger partial charge in [-0.25, -0.2) is 0 Å². The average molecular weight is 520 g/mol. The van der Waals surface area contributed by atoms with E-state index < -0.39 is 0 Å². The summed E-state index contributed by atoms with van der Waals surface area (Å²) in [6.07, 6.45) is 5.56. The van der Waals surface area contributed by atoms with Gasteiger partial charge in [0.1, 0.15) is 18.1 Å². The van der Waals surface area contributed by atoms with E-state index in [2.05, 4.69) is 23.1 Å². The summed E-state index contributed by atoms with van der Waals surface area (Å²) in [5, 5.41) is 0. The van der Waals surface area contributed by atoms with Crippen LogP contribution in [-0.4, -0.2) is 73.0 Å². The van der Waals surface area contributed by atoms with Gasteiger partial charge in [-0.15, -0.1) is 0 Å². The Balaban J connectivity index is 1.56. The number of methoxy groups -OCH3 is 1. The van der Waals surface area contributed by atoms with Gasteiger partial charge in [-0.3, -0.25) is 14.5 Å². The fraction of sp³-hybridized carbons (Fsp3) is 0.484. The predicted molar refractivity (Wildman–Crippen MR) is 149 cm³/mol. The summed E-state index contributed by atoms with van der Waals surface area (Å²) in [7, 11) is 1.66. The molecule has 2 aromatic rings. The second-order valence-electron chi connectivity index (χ2n) is 10.2. The summed E-state index contributed by atoms with van der Waals surface area (Å²) in [5.41, 5.74) is 2.18. The molecule has 4 rings (SSSR count). The molecule has 2 bridgehead atoms. The Bertz CT molecular complexity index is 1100. The summed E-state index contributed by atoms with van der Waals surface area (Å²) >= 11 is 0. The third kappa shape index (κ3) is 7.16. The number of piperidine rings is 1. The summed E-state index contributed by atoms with van der Waals surface area (Å²) in [5.74, 6) is 2.32. The lowest BCUT2D eigenvalue weighted by molar-refractivity contribution is -0.136.